The van der Waals surface area contributed by atoms with Gasteiger partial charge >= 0.3 is 0 Å². The summed E-state index contributed by atoms with van der Waals surface area (Å²) in [4.78, 5) is 19.2. The minimum absolute atomic E-state index is 0.0485. The van der Waals surface area contributed by atoms with Crippen LogP contribution in [0.4, 0.5) is 5.69 Å². The Bertz CT molecular complexity index is 957. The molecule has 1 saturated heterocycles. The Morgan fingerprint density at radius 1 is 1.03 bits per heavy atom. The van der Waals surface area contributed by atoms with Crippen molar-refractivity contribution in [3.05, 3.63) is 78.6 Å². The number of nitrogens with one attached hydrogen (secondary N) is 1. The molecule has 0 saturated carbocycles. The van der Waals surface area contributed by atoms with Crippen LogP contribution < -0.4 is 5.32 Å². The molecule has 0 bridgehead atoms. The summed E-state index contributed by atoms with van der Waals surface area (Å²) < 4.78 is 0. The molecule has 1 aromatic heterocycles. The lowest BCUT2D eigenvalue weighted by molar-refractivity contribution is -0.121. The molecule has 3 aromatic rings. The molecule has 1 amide bonds. The van der Waals surface area contributed by atoms with E-state index in [1.165, 1.54) is 0 Å². The minimum Gasteiger partial charge on any atom is -0.506 e. The molecule has 0 aliphatic carbocycles. The third-order valence-electron chi connectivity index (χ3n) is 5.38. The highest BCUT2D eigenvalue weighted by Crippen LogP contribution is 2.24. The first-order valence-corrected chi connectivity index (χ1v) is 10.0. The zero-order valence-corrected chi connectivity index (χ0v) is 16.3. The summed E-state index contributed by atoms with van der Waals surface area (Å²) in [5.41, 5.74) is 3.76. The van der Waals surface area contributed by atoms with Gasteiger partial charge in [-0.15, -0.1) is 0 Å². The number of likely N-dealkylation sites (tertiary alicyclic amines) is 1. The third kappa shape index (κ3) is 4.81. The number of anilines is 1. The van der Waals surface area contributed by atoms with Crippen molar-refractivity contribution in [2.24, 2.45) is 5.92 Å². The van der Waals surface area contributed by atoms with Crippen molar-refractivity contribution in [2.75, 3.05) is 18.4 Å². The number of hydrogen-bond donors (Lipinski definition) is 2. The zero-order chi connectivity index (χ0) is 20.1. The lowest BCUT2D eigenvalue weighted by Crippen LogP contribution is -2.40. The van der Waals surface area contributed by atoms with E-state index in [4.69, 9.17) is 0 Å². The molecule has 2 N–H and O–H groups in total. The molecule has 4 rings (SSSR count). The van der Waals surface area contributed by atoms with Gasteiger partial charge in [0, 0.05) is 25.0 Å². The standard InChI is InChI=1S/C24H25N3O2/c28-23-9-4-14-25-22(23)17-27-15-5-8-20(16-27)24(29)26-21-12-10-19(11-13-21)18-6-2-1-3-7-18/h1-4,6-7,9-14,20,28H,5,8,15-17H2,(H,26,29). The SMILES string of the molecule is O=C(Nc1ccc(-c2ccccc2)cc1)C1CCCN(Cc2ncccc2O)C1. The van der Waals surface area contributed by atoms with Crippen molar-refractivity contribution in [1.29, 1.82) is 0 Å². The fourth-order valence-electron chi connectivity index (χ4n) is 3.80. The van der Waals surface area contributed by atoms with Gasteiger partial charge in [-0.05, 0) is 54.8 Å². The van der Waals surface area contributed by atoms with E-state index >= 15 is 0 Å². The predicted octanol–water partition coefficient (Wildman–Crippen LogP) is 4.30. The first kappa shape index (κ1) is 19.2. The Kier molecular flexibility index (Phi) is 5.86. The molecule has 2 aromatic carbocycles. The van der Waals surface area contributed by atoms with E-state index in [0.717, 1.165) is 36.2 Å². The maximum atomic E-state index is 12.8. The molecule has 148 valence electrons. The van der Waals surface area contributed by atoms with Gasteiger partial charge in [0.15, 0.2) is 0 Å². The summed E-state index contributed by atoms with van der Waals surface area (Å²) in [7, 11) is 0. The van der Waals surface area contributed by atoms with Crippen LogP contribution in [0.25, 0.3) is 11.1 Å². The summed E-state index contributed by atoms with van der Waals surface area (Å²) >= 11 is 0. The second kappa shape index (κ2) is 8.88. The molecule has 1 aliphatic rings. The van der Waals surface area contributed by atoms with Gasteiger partial charge in [0.2, 0.25) is 5.91 Å². The average molecular weight is 387 g/mol. The second-order valence-corrected chi connectivity index (χ2v) is 7.48. The Morgan fingerprint density at radius 2 is 1.79 bits per heavy atom. The highest BCUT2D eigenvalue weighted by Gasteiger charge is 2.26. The van der Waals surface area contributed by atoms with Gasteiger partial charge in [-0.2, -0.15) is 0 Å². The van der Waals surface area contributed by atoms with Gasteiger partial charge in [0.05, 0.1) is 11.6 Å². The van der Waals surface area contributed by atoms with Gasteiger partial charge in [-0.3, -0.25) is 14.7 Å². The van der Waals surface area contributed by atoms with E-state index in [0.29, 0.717) is 18.8 Å². The number of pyridine rings is 1. The highest BCUT2D eigenvalue weighted by molar-refractivity contribution is 5.93. The Labute approximate surface area is 171 Å². The average Bonchev–Trinajstić information content (AvgIpc) is 2.77. The maximum absolute atomic E-state index is 12.8. The van der Waals surface area contributed by atoms with Gasteiger partial charge < -0.3 is 10.4 Å². The van der Waals surface area contributed by atoms with Gasteiger partial charge in [0.25, 0.3) is 0 Å². The van der Waals surface area contributed by atoms with Crippen LogP contribution in [-0.2, 0) is 11.3 Å². The quantitative estimate of drug-likeness (QED) is 0.685. The molecule has 1 atom stereocenters. The summed E-state index contributed by atoms with van der Waals surface area (Å²) in [6.45, 7) is 2.14. The first-order valence-electron chi connectivity index (χ1n) is 10.0. The number of aromatic nitrogens is 1. The van der Waals surface area contributed by atoms with Gasteiger partial charge in [-0.25, -0.2) is 0 Å². The number of nitrogens with zero attached hydrogens (tertiary/aromatic N) is 2. The van der Waals surface area contributed by atoms with Crippen LogP contribution in [-0.4, -0.2) is 34.0 Å². The first-order chi connectivity index (χ1) is 14.2. The van der Waals surface area contributed by atoms with E-state index in [1.807, 2.05) is 42.5 Å². The molecule has 29 heavy (non-hydrogen) atoms. The summed E-state index contributed by atoms with van der Waals surface area (Å²) in [5, 5.41) is 13.0. The molecule has 1 fully saturated rings. The lowest BCUT2D eigenvalue weighted by atomic mass is 9.96. The third-order valence-corrected chi connectivity index (χ3v) is 5.38. The van der Waals surface area contributed by atoms with Gasteiger partial charge in [0.1, 0.15) is 5.75 Å². The van der Waals surface area contributed by atoms with E-state index in [1.54, 1.807) is 18.3 Å². The Morgan fingerprint density at radius 3 is 2.55 bits per heavy atom. The Balaban J connectivity index is 1.36. The molecule has 5 nitrogen and oxygen atoms in total. The van der Waals surface area contributed by atoms with Crippen LogP contribution >= 0.6 is 0 Å². The molecule has 0 radical (unpaired) electrons. The highest BCUT2D eigenvalue weighted by atomic mass is 16.3. The molecular weight excluding hydrogens is 362 g/mol. The van der Waals surface area contributed by atoms with E-state index in [-0.39, 0.29) is 17.6 Å². The molecule has 0 spiro atoms. The molecule has 1 unspecified atom stereocenters. The smallest absolute Gasteiger partial charge is 0.228 e. The number of carbonyl (C=O) groups excluding carboxylic acids is 1. The maximum Gasteiger partial charge on any atom is 0.228 e. The normalized spacial score (nSPS) is 17.0. The number of aromatic hydroxyl groups is 1. The fourth-order valence-corrected chi connectivity index (χ4v) is 3.80. The van der Waals surface area contributed by atoms with Crippen LogP contribution in [0.3, 0.4) is 0 Å². The second-order valence-electron chi connectivity index (χ2n) is 7.48. The molecule has 1 aliphatic heterocycles. The van der Waals surface area contributed by atoms with Crippen molar-refractivity contribution in [3.8, 4) is 16.9 Å². The molecule has 2 heterocycles. The van der Waals surface area contributed by atoms with E-state index < -0.39 is 0 Å². The number of hydrogen-bond acceptors (Lipinski definition) is 4. The van der Waals surface area contributed by atoms with Crippen LogP contribution in [0.15, 0.2) is 72.9 Å². The minimum atomic E-state index is -0.0663. The van der Waals surface area contributed by atoms with Crippen molar-refractivity contribution in [1.82, 2.24) is 9.88 Å². The van der Waals surface area contributed by atoms with Crippen molar-refractivity contribution in [3.63, 3.8) is 0 Å². The van der Waals surface area contributed by atoms with Crippen molar-refractivity contribution < 1.29 is 9.90 Å². The number of amides is 1. The number of piperidine rings is 1. The van der Waals surface area contributed by atoms with Crippen LogP contribution in [0.1, 0.15) is 18.5 Å². The largest absolute Gasteiger partial charge is 0.506 e. The van der Waals surface area contributed by atoms with Gasteiger partial charge in [-0.1, -0.05) is 42.5 Å². The lowest BCUT2D eigenvalue weighted by Gasteiger charge is -2.31. The number of carbonyl (C=O) groups is 1. The van der Waals surface area contributed by atoms with Crippen molar-refractivity contribution >= 4 is 11.6 Å². The predicted molar refractivity (Wildman–Crippen MR) is 114 cm³/mol. The Hall–Kier alpha value is -3.18. The monoisotopic (exact) mass is 387 g/mol. The van der Waals surface area contributed by atoms with E-state index in [2.05, 4.69) is 27.3 Å². The summed E-state index contributed by atoms with van der Waals surface area (Å²) in [5.74, 6) is 0.188. The molecular formula is C24H25N3O2. The molecule has 5 heteroatoms. The summed E-state index contributed by atoms with van der Waals surface area (Å²) in [6.07, 6.45) is 3.51. The van der Waals surface area contributed by atoms with Crippen LogP contribution in [0.2, 0.25) is 0 Å². The van der Waals surface area contributed by atoms with Crippen molar-refractivity contribution in [2.45, 2.75) is 19.4 Å². The van der Waals surface area contributed by atoms with E-state index in [9.17, 15) is 9.90 Å². The van der Waals surface area contributed by atoms with Crippen LogP contribution in [0, 0.1) is 5.92 Å². The number of benzene rings is 2. The van der Waals surface area contributed by atoms with Crippen LogP contribution in [0.5, 0.6) is 5.75 Å². The zero-order valence-electron chi connectivity index (χ0n) is 16.3. The number of rotatable bonds is 5. The fraction of sp³-hybridized carbons (Fsp3) is 0.250. The summed E-state index contributed by atoms with van der Waals surface area (Å²) in [6, 6.07) is 21.5. The topological polar surface area (TPSA) is 65.5 Å².